The van der Waals surface area contributed by atoms with Gasteiger partial charge in [0.1, 0.15) is 0 Å². The van der Waals surface area contributed by atoms with Crippen LogP contribution in [-0.4, -0.2) is 11.8 Å². The van der Waals surface area contributed by atoms with E-state index < -0.39 is 0 Å². The van der Waals surface area contributed by atoms with Crippen LogP contribution in [0.5, 0.6) is 0 Å². The summed E-state index contributed by atoms with van der Waals surface area (Å²) in [5.74, 6) is -0.370. The van der Waals surface area contributed by atoms with Crippen molar-refractivity contribution in [3.05, 3.63) is 30.7 Å². The molecule has 0 unspecified atom stereocenters. The molecule has 4 heteroatoms. The molecule has 0 bridgehead atoms. The van der Waals surface area contributed by atoms with Crippen molar-refractivity contribution in [3.8, 4) is 0 Å². The van der Waals surface area contributed by atoms with Crippen molar-refractivity contribution in [1.29, 1.82) is 0 Å². The first-order chi connectivity index (χ1) is 6.99. The SMILES string of the molecule is [CH2]c1ccc(NC(C)=O)c(NC(C)=O)c1. The number of carbonyl (C=O) groups excluding carboxylic acids is 2. The highest BCUT2D eigenvalue weighted by Gasteiger charge is 2.05. The van der Waals surface area contributed by atoms with Gasteiger partial charge in [-0.15, -0.1) is 0 Å². The first kappa shape index (κ1) is 11.2. The summed E-state index contributed by atoms with van der Waals surface area (Å²) >= 11 is 0. The van der Waals surface area contributed by atoms with Crippen LogP contribution in [0.2, 0.25) is 0 Å². The molecule has 2 amide bonds. The molecule has 0 saturated carbocycles. The van der Waals surface area contributed by atoms with E-state index in [4.69, 9.17) is 0 Å². The minimum Gasteiger partial charge on any atom is -0.325 e. The molecule has 0 heterocycles. The quantitative estimate of drug-likeness (QED) is 0.773. The largest absolute Gasteiger partial charge is 0.325 e. The number of rotatable bonds is 2. The van der Waals surface area contributed by atoms with E-state index in [1.165, 1.54) is 13.8 Å². The maximum Gasteiger partial charge on any atom is 0.221 e. The first-order valence-corrected chi connectivity index (χ1v) is 4.50. The monoisotopic (exact) mass is 205 g/mol. The Bertz CT molecular complexity index is 400. The maximum absolute atomic E-state index is 10.9. The Morgan fingerprint density at radius 2 is 1.60 bits per heavy atom. The molecule has 0 aliphatic carbocycles. The normalized spacial score (nSPS) is 9.53. The van der Waals surface area contributed by atoms with Crippen molar-refractivity contribution in [2.75, 3.05) is 10.6 Å². The van der Waals surface area contributed by atoms with Gasteiger partial charge in [-0.05, 0) is 24.6 Å². The van der Waals surface area contributed by atoms with E-state index in [1.807, 2.05) is 0 Å². The van der Waals surface area contributed by atoms with E-state index in [0.717, 1.165) is 5.56 Å². The molecule has 0 fully saturated rings. The number of hydrogen-bond donors (Lipinski definition) is 2. The molecule has 0 atom stereocenters. The lowest BCUT2D eigenvalue weighted by Gasteiger charge is -2.10. The van der Waals surface area contributed by atoms with Gasteiger partial charge in [-0.2, -0.15) is 0 Å². The molecule has 4 nitrogen and oxygen atoms in total. The number of benzene rings is 1. The van der Waals surface area contributed by atoms with Gasteiger partial charge in [0.05, 0.1) is 11.4 Å². The summed E-state index contributed by atoms with van der Waals surface area (Å²) in [5.41, 5.74) is 1.91. The van der Waals surface area contributed by atoms with Crippen LogP contribution in [-0.2, 0) is 9.59 Å². The van der Waals surface area contributed by atoms with Crippen molar-refractivity contribution in [2.45, 2.75) is 13.8 Å². The van der Waals surface area contributed by atoms with Crippen LogP contribution in [0.25, 0.3) is 0 Å². The standard InChI is InChI=1S/C11H13N2O2/c1-7-4-5-10(12-8(2)14)11(6-7)13-9(3)15/h4-6H,1H2,2-3H3,(H,12,14)(H,13,15). The lowest BCUT2D eigenvalue weighted by Crippen LogP contribution is -2.12. The summed E-state index contributed by atoms with van der Waals surface area (Å²) < 4.78 is 0. The van der Waals surface area contributed by atoms with Crippen LogP contribution in [0.3, 0.4) is 0 Å². The molecular formula is C11H13N2O2. The predicted octanol–water partition coefficient (Wildman–Crippen LogP) is 1.79. The van der Waals surface area contributed by atoms with Crippen LogP contribution in [0.4, 0.5) is 11.4 Å². The maximum atomic E-state index is 10.9. The summed E-state index contributed by atoms with van der Waals surface area (Å²) in [5, 5.41) is 5.25. The molecular weight excluding hydrogens is 192 g/mol. The van der Waals surface area contributed by atoms with E-state index in [1.54, 1.807) is 18.2 Å². The Labute approximate surface area is 88.7 Å². The fourth-order valence-electron chi connectivity index (χ4n) is 1.18. The zero-order chi connectivity index (χ0) is 11.4. The van der Waals surface area contributed by atoms with Gasteiger partial charge in [0, 0.05) is 13.8 Å². The smallest absolute Gasteiger partial charge is 0.221 e. The zero-order valence-corrected chi connectivity index (χ0v) is 8.76. The molecule has 0 saturated heterocycles. The van der Waals surface area contributed by atoms with Crippen molar-refractivity contribution >= 4 is 23.2 Å². The van der Waals surface area contributed by atoms with E-state index >= 15 is 0 Å². The second-order valence-electron chi connectivity index (χ2n) is 3.24. The van der Waals surface area contributed by atoms with Crippen LogP contribution >= 0.6 is 0 Å². The molecule has 0 aliphatic heterocycles. The summed E-state index contributed by atoms with van der Waals surface area (Å²) in [6.45, 7) is 6.57. The van der Waals surface area contributed by atoms with Crippen molar-refractivity contribution in [2.24, 2.45) is 0 Å². The Morgan fingerprint density at radius 1 is 1.07 bits per heavy atom. The molecule has 79 valence electrons. The van der Waals surface area contributed by atoms with Crippen molar-refractivity contribution in [1.82, 2.24) is 0 Å². The highest BCUT2D eigenvalue weighted by molar-refractivity contribution is 5.98. The van der Waals surface area contributed by atoms with Crippen LogP contribution in [0.1, 0.15) is 19.4 Å². The topological polar surface area (TPSA) is 58.2 Å². The molecule has 0 spiro atoms. The van der Waals surface area contributed by atoms with Gasteiger partial charge in [-0.25, -0.2) is 0 Å². The van der Waals surface area contributed by atoms with Crippen molar-refractivity contribution < 1.29 is 9.59 Å². The minimum absolute atomic E-state index is 0.182. The second kappa shape index (κ2) is 4.59. The molecule has 2 N–H and O–H groups in total. The van der Waals surface area contributed by atoms with Crippen LogP contribution < -0.4 is 10.6 Å². The van der Waals surface area contributed by atoms with E-state index in [2.05, 4.69) is 17.6 Å². The van der Waals surface area contributed by atoms with Gasteiger partial charge in [0.15, 0.2) is 0 Å². The van der Waals surface area contributed by atoms with Gasteiger partial charge in [-0.3, -0.25) is 9.59 Å². The van der Waals surface area contributed by atoms with E-state index in [-0.39, 0.29) is 11.8 Å². The first-order valence-electron chi connectivity index (χ1n) is 4.50. The van der Waals surface area contributed by atoms with Gasteiger partial charge >= 0.3 is 0 Å². The van der Waals surface area contributed by atoms with Gasteiger partial charge in [0.2, 0.25) is 11.8 Å². The fourth-order valence-corrected chi connectivity index (χ4v) is 1.18. The summed E-state index contributed by atoms with van der Waals surface area (Å²) in [7, 11) is 0. The lowest BCUT2D eigenvalue weighted by molar-refractivity contribution is -0.115. The highest BCUT2D eigenvalue weighted by Crippen LogP contribution is 2.22. The van der Waals surface area contributed by atoms with Gasteiger partial charge in [-0.1, -0.05) is 6.07 Å². The third-order valence-corrected chi connectivity index (χ3v) is 1.71. The predicted molar refractivity (Wildman–Crippen MR) is 59.5 cm³/mol. The number of amides is 2. The molecule has 0 aliphatic rings. The summed E-state index contributed by atoms with van der Waals surface area (Å²) in [6, 6.07) is 5.16. The Kier molecular flexibility index (Phi) is 3.44. The van der Waals surface area contributed by atoms with E-state index in [0.29, 0.717) is 11.4 Å². The second-order valence-corrected chi connectivity index (χ2v) is 3.24. The zero-order valence-electron chi connectivity index (χ0n) is 8.76. The minimum atomic E-state index is -0.188. The highest BCUT2D eigenvalue weighted by atomic mass is 16.2. The average molecular weight is 205 g/mol. The summed E-state index contributed by atoms with van der Waals surface area (Å²) in [6.07, 6.45) is 0. The Hall–Kier alpha value is -1.84. The molecule has 15 heavy (non-hydrogen) atoms. The van der Waals surface area contributed by atoms with Crippen molar-refractivity contribution in [3.63, 3.8) is 0 Å². The third kappa shape index (κ3) is 3.42. The third-order valence-electron chi connectivity index (χ3n) is 1.71. The average Bonchev–Trinajstić information content (AvgIpc) is 2.08. The number of anilines is 2. The van der Waals surface area contributed by atoms with E-state index in [9.17, 15) is 9.59 Å². The van der Waals surface area contributed by atoms with Gasteiger partial charge < -0.3 is 10.6 Å². The lowest BCUT2D eigenvalue weighted by atomic mass is 10.2. The molecule has 1 aromatic carbocycles. The number of nitrogens with one attached hydrogen (secondary N) is 2. The number of hydrogen-bond acceptors (Lipinski definition) is 2. The summed E-state index contributed by atoms with van der Waals surface area (Å²) in [4.78, 5) is 21.8. The van der Waals surface area contributed by atoms with Gasteiger partial charge in [0.25, 0.3) is 0 Å². The van der Waals surface area contributed by atoms with Crippen LogP contribution in [0, 0.1) is 6.92 Å². The Morgan fingerprint density at radius 3 is 2.13 bits per heavy atom. The molecule has 1 aromatic rings. The molecule has 0 aromatic heterocycles. The fraction of sp³-hybridized carbons (Fsp3) is 0.182. The Balaban J connectivity index is 3.02. The molecule has 1 rings (SSSR count). The molecule has 1 radical (unpaired) electrons. The number of carbonyl (C=O) groups is 2. The van der Waals surface area contributed by atoms with Crippen LogP contribution in [0.15, 0.2) is 18.2 Å².